The number of nitrogens with one attached hydrogen (secondary N) is 2. The monoisotopic (exact) mass is 272 g/mol. The Morgan fingerprint density at radius 3 is 2.63 bits per heavy atom. The number of benzene rings is 1. The van der Waals surface area contributed by atoms with Crippen LogP contribution in [-0.4, -0.2) is 23.7 Å². The second-order valence-corrected chi connectivity index (χ2v) is 3.84. The Kier molecular flexibility index (Phi) is 5.72. The summed E-state index contributed by atoms with van der Waals surface area (Å²) < 4.78 is 26.1. The van der Waals surface area contributed by atoms with Gasteiger partial charge in [0.2, 0.25) is 0 Å². The zero-order valence-electron chi connectivity index (χ0n) is 10.1. The van der Waals surface area contributed by atoms with E-state index >= 15 is 0 Å². The number of carbonyl (C=O) groups excluding carboxylic acids is 1. The number of amides is 2. The molecule has 0 aromatic heterocycles. The molecular weight excluding hydrogens is 258 g/mol. The predicted molar refractivity (Wildman–Crippen MR) is 63.5 cm³/mol. The van der Waals surface area contributed by atoms with Gasteiger partial charge in [-0.15, -0.1) is 0 Å². The van der Waals surface area contributed by atoms with Crippen LogP contribution < -0.4 is 10.6 Å². The molecule has 0 saturated carbocycles. The fourth-order valence-electron chi connectivity index (χ4n) is 1.36. The van der Waals surface area contributed by atoms with Gasteiger partial charge in [-0.05, 0) is 24.6 Å². The van der Waals surface area contributed by atoms with Gasteiger partial charge in [0.25, 0.3) is 0 Å². The van der Waals surface area contributed by atoms with E-state index < -0.39 is 23.6 Å². The van der Waals surface area contributed by atoms with Gasteiger partial charge in [-0.1, -0.05) is 0 Å². The van der Waals surface area contributed by atoms with E-state index in [1.165, 1.54) is 0 Å². The van der Waals surface area contributed by atoms with Crippen LogP contribution in [0.1, 0.15) is 18.4 Å². The van der Waals surface area contributed by atoms with Crippen molar-refractivity contribution in [2.24, 2.45) is 0 Å². The van der Waals surface area contributed by atoms with E-state index in [-0.39, 0.29) is 25.1 Å². The average Bonchev–Trinajstić information content (AvgIpc) is 2.35. The minimum absolute atomic E-state index is 0.0423. The van der Waals surface area contributed by atoms with E-state index in [0.29, 0.717) is 6.42 Å². The third-order valence-electron chi connectivity index (χ3n) is 2.30. The first kappa shape index (κ1) is 14.9. The molecule has 0 saturated heterocycles. The number of rotatable bonds is 6. The Hall–Kier alpha value is -2.18. The molecule has 1 rings (SSSR count). The largest absolute Gasteiger partial charge is 0.481 e. The van der Waals surface area contributed by atoms with Gasteiger partial charge in [-0.25, -0.2) is 13.6 Å². The molecule has 1 aromatic carbocycles. The molecule has 3 N–H and O–H groups in total. The first-order chi connectivity index (χ1) is 8.99. The number of halogens is 2. The van der Waals surface area contributed by atoms with Gasteiger partial charge in [0, 0.05) is 25.1 Å². The summed E-state index contributed by atoms with van der Waals surface area (Å²) in [4.78, 5) is 21.5. The molecule has 0 aliphatic rings. The number of hydrogen-bond donors (Lipinski definition) is 3. The van der Waals surface area contributed by atoms with Crippen LogP contribution >= 0.6 is 0 Å². The third kappa shape index (κ3) is 5.80. The molecule has 0 spiro atoms. The van der Waals surface area contributed by atoms with E-state index in [1.54, 1.807) is 0 Å². The molecule has 1 aromatic rings. The van der Waals surface area contributed by atoms with Crippen molar-refractivity contribution < 1.29 is 23.5 Å². The maximum Gasteiger partial charge on any atom is 0.315 e. The van der Waals surface area contributed by atoms with Gasteiger partial charge < -0.3 is 15.7 Å². The molecule has 0 fully saturated rings. The SMILES string of the molecule is O=C(O)CCCNC(=O)NCc1cc(F)ccc1F. The van der Waals surface area contributed by atoms with Crippen LogP contribution in [0.25, 0.3) is 0 Å². The molecule has 0 heterocycles. The average molecular weight is 272 g/mol. The lowest BCUT2D eigenvalue weighted by molar-refractivity contribution is -0.137. The fourth-order valence-corrected chi connectivity index (χ4v) is 1.36. The quantitative estimate of drug-likeness (QED) is 0.689. The van der Waals surface area contributed by atoms with Gasteiger partial charge in [0.05, 0.1) is 0 Å². The Balaban J connectivity index is 2.30. The highest BCUT2D eigenvalue weighted by Crippen LogP contribution is 2.08. The summed E-state index contributed by atoms with van der Waals surface area (Å²) in [6.07, 6.45) is 0.260. The van der Waals surface area contributed by atoms with Crippen molar-refractivity contribution in [1.82, 2.24) is 10.6 Å². The van der Waals surface area contributed by atoms with E-state index in [4.69, 9.17) is 5.11 Å². The molecule has 7 heteroatoms. The summed E-state index contributed by atoms with van der Waals surface area (Å²) in [6, 6.07) is 2.41. The molecule has 0 radical (unpaired) electrons. The first-order valence-electron chi connectivity index (χ1n) is 5.66. The fraction of sp³-hybridized carbons (Fsp3) is 0.333. The zero-order valence-corrected chi connectivity index (χ0v) is 10.1. The summed E-state index contributed by atoms with van der Waals surface area (Å²) >= 11 is 0. The zero-order chi connectivity index (χ0) is 14.3. The lowest BCUT2D eigenvalue weighted by atomic mass is 10.2. The van der Waals surface area contributed by atoms with Crippen molar-refractivity contribution in [3.05, 3.63) is 35.4 Å². The summed E-state index contributed by atoms with van der Waals surface area (Å²) in [6.45, 7) is 0.0537. The Morgan fingerprint density at radius 2 is 1.95 bits per heavy atom. The van der Waals surface area contributed by atoms with Gasteiger partial charge in [0.15, 0.2) is 0 Å². The molecular formula is C12H14F2N2O3. The standard InChI is InChI=1S/C12H14F2N2O3/c13-9-3-4-10(14)8(6-9)7-16-12(19)15-5-1-2-11(17)18/h3-4,6H,1-2,5,7H2,(H,17,18)(H2,15,16,19). The molecule has 0 unspecified atom stereocenters. The lowest BCUT2D eigenvalue weighted by Crippen LogP contribution is -2.35. The number of carboxylic acid groups (broad SMARTS) is 1. The number of aliphatic carboxylic acids is 1. The summed E-state index contributed by atoms with van der Waals surface area (Å²) in [7, 11) is 0. The van der Waals surface area contributed by atoms with Crippen LogP contribution in [0.5, 0.6) is 0 Å². The highest BCUT2D eigenvalue weighted by Gasteiger charge is 2.06. The second-order valence-electron chi connectivity index (χ2n) is 3.84. The van der Waals surface area contributed by atoms with Gasteiger partial charge in [0.1, 0.15) is 11.6 Å². The minimum Gasteiger partial charge on any atom is -0.481 e. The van der Waals surface area contributed by atoms with Crippen LogP contribution in [-0.2, 0) is 11.3 Å². The third-order valence-corrected chi connectivity index (χ3v) is 2.30. The van der Waals surface area contributed by atoms with Crippen molar-refractivity contribution in [3.8, 4) is 0 Å². The molecule has 0 aliphatic heterocycles. The summed E-state index contributed by atoms with van der Waals surface area (Å²) in [5.74, 6) is -2.13. The number of hydrogen-bond acceptors (Lipinski definition) is 2. The van der Waals surface area contributed by atoms with E-state index in [1.807, 2.05) is 0 Å². The van der Waals surface area contributed by atoms with E-state index in [0.717, 1.165) is 18.2 Å². The van der Waals surface area contributed by atoms with Crippen molar-refractivity contribution >= 4 is 12.0 Å². The minimum atomic E-state index is -0.941. The number of carboxylic acids is 1. The van der Waals surface area contributed by atoms with Crippen molar-refractivity contribution in [3.63, 3.8) is 0 Å². The van der Waals surface area contributed by atoms with Crippen molar-refractivity contribution in [2.75, 3.05) is 6.54 Å². The van der Waals surface area contributed by atoms with Gasteiger partial charge in [-0.3, -0.25) is 4.79 Å². The van der Waals surface area contributed by atoms with Crippen LogP contribution in [0.3, 0.4) is 0 Å². The maximum atomic E-state index is 13.2. The van der Waals surface area contributed by atoms with Crippen LogP contribution in [0, 0.1) is 11.6 Å². The Labute approximate surface area is 108 Å². The Morgan fingerprint density at radius 1 is 1.21 bits per heavy atom. The normalized spacial score (nSPS) is 10.0. The van der Waals surface area contributed by atoms with Crippen LogP contribution in [0.15, 0.2) is 18.2 Å². The molecule has 5 nitrogen and oxygen atoms in total. The lowest BCUT2D eigenvalue weighted by Gasteiger charge is -2.08. The molecule has 0 atom stereocenters. The second kappa shape index (κ2) is 7.30. The Bertz CT molecular complexity index is 466. The molecule has 0 bridgehead atoms. The molecule has 2 amide bonds. The topological polar surface area (TPSA) is 78.4 Å². The van der Waals surface area contributed by atoms with Crippen LogP contribution in [0.4, 0.5) is 13.6 Å². The maximum absolute atomic E-state index is 13.2. The molecule has 104 valence electrons. The van der Waals surface area contributed by atoms with Crippen molar-refractivity contribution in [1.29, 1.82) is 0 Å². The number of urea groups is 1. The smallest absolute Gasteiger partial charge is 0.315 e. The predicted octanol–water partition coefficient (Wildman–Crippen LogP) is 1.63. The highest BCUT2D eigenvalue weighted by molar-refractivity contribution is 5.73. The molecule has 19 heavy (non-hydrogen) atoms. The van der Waals surface area contributed by atoms with Gasteiger partial charge >= 0.3 is 12.0 Å². The van der Waals surface area contributed by atoms with E-state index in [2.05, 4.69) is 10.6 Å². The number of carbonyl (C=O) groups is 2. The van der Waals surface area contributed by atoms with Gasteiger partial charge in [-0.2, -0.15) is 0 Å². The van der Waals surface area contributed by atoms with E-state index in [9.17, 15) is 18.4 Å². The highest BCUT2D eigenvalue weighted by atomic mass is 19.1. The summed E-state index contributed by atoms with van der Waals surface area (Å²) in [5, 5.41) is 13.1. The molecule has 0 aliphatic carbocycles. The first-order valence-corrected chi connectivity index (χ1v) is 5.66. The van der Waals surface area contributed by atoms with Crippen molar-refractivity contribution in [2.45, 2.75) is 19.4 Å². The summed E-state index contributed by atoms with van der Waals surface area (Å²) in [5.41, 5.74) is 0.0423. The van der Waals surface area contributed by atoms with Crippen LogP contribution in [0.2, 0.25) is 0 Å².